The van der Waals surface area contributed by atoms with Crippen molar-refractivity contribution < 1.29 is 10.2 Å². The topological polar surface area (TPSA) is 74.5 Å². The van der Waals surface area contributed by atoms with E-state index >= 15 is 0 Å². The van der Waals surface area contributed by atoms with Crippen molar-refractivity contribution >= 4 is 16.4 Å². The van der Waals surface area contributed by atoms with Crippen LogP contribution in [0.15, 0.2) is 40.5 Å². The molecule has 2 unspecified atom stereocenters. The smallest absolute Gasteiger partial charge is 0.320 e. The molecule has 120 valence electrons. The van der Waals surface area contributed by atoms with Crippen molar-refractivity contribution in [3.63, 3.8) is 0 Å². The molecule has 2 atom stereocenters. The Bertz CT molecular complexity index is 671. The van der Waals surface area contributed by atoms with E-state index in [2.05, 4.69) is 5.32 Å². The molecule has 0 saturated heterocycles. The van der Waals surface area contributed by atoms with Gasteiger partial charge in [0.2, 0.25) is 4.90 Å². The number of hydrogen-bond acceptors (Lipinski definition) is 4. The molecule has 1 aromatic heterocycles. The first-order valence-electron chi connectivity index (χ1n) is 7.22. The maximum absolute atomic E-state index is 12.7. The first kappa shape index (κ1) is 16.7. The number of aromatic nitrogens is 1. The molecule has 0 aliphatic heterocycles. The van der Waals surface area contributed by atoms with Crippen LogP contribution in [0.3, 0.4) is 0 Å². The maximum Gasteiger partial charge on any atom is 0.320 e. The Kier molecular flexibility index (Phi) is 5.05. The predicted molar refractivity (Wildman–Crippen MR) is 91.1 cm³/mol. The van der Waals surface area contributed by atoms with Crippen molar-refractivity contribution in [2.24, 2.45) is 0 Å². The third kappa shape index (κ3) is 3.58. The molecule has 0 aliphatic carbocycles. The highest BCUT2D eigenvalue weighted by Gasteiger charge is 2.31. The second kappa shape index (κ2) is 6.64. The minimum absolute atomic E-state index is 0.0789. The van der Waals surface area contributed by atoms with Crippen LogP contribution in [0.2, 0.25) is 0 Å². The molecule has 0 saturated carbocycles. The molecule has 2 rings (SSSR count). The fraction of sp³-hybridized carbons (Fsp3) is 0.438. The Morgan fingerprint density at radius 2 is 1.91 bits per heavy atom. The van der Waals surface area contributed by atoms with Gasteiger partial charge in [-0.2, -0.15) is 0 Å². The molecular weight excluding hydrogens is 300 g/mol. The number of aliphatic hydroxyl groups excluding tert-OH is 2. The third-order valence-corrected chi connectivity index (χ3v) is 5.49. The Morgan fingerprint density at radius 3 is 2.45 bits per heavy atom. The highest BCUT2D eigenvalue weighted by molar-refractivity contribution is 7.34. The van der Waals surface area contributed by atoms with Gasteiger partial charge in [-0.05, 0) is 20.8 Å². The highest BCUT2D eigenvalue weighted by Crippen LogP contribution is 2.35. The zero-order valence-corrected chi connectivity index (χ0v) is 13.9. The minimum atomic E-state index is -0.879. The van der Waals surface area contributed by atoms with Crippen LogP contribution in [0.1, 0.15) is 20.8 Å². The molecule has 22 heavy (non-hydrogen) atoms. The van der Waals surface area contributed by atoms with Crippen molar-refractivity contribution in [3.05, 3.63) is 46.1 Å². The molecule has 0 spiro atoms. The molecular formula is C16H23N2O3S+. The Balaban J connectivity index is 2.47. The summed E-state index contributed by atoms with van der Waals surface area (Å²) in [6.07, 6.45) is -0.879. The van der Waals surface area contributed by atoms with Crippen molar-refractivity contribution in [2.75, 3.05) is 18.5 Å². The van der Waals surface area contributed by atoms with E-state index in [-0.39, 0.29) is 24.2 Å². The summed E-state index contributed by atoms with van der Waals surface area (Å²) in [5, 5.41) is 23.2. The number of hydrogen-bond donors (Lipinski definition) is 3. The van der Waals surface area contributed by atoms with Crippen LogP contribution in [-0.4, -0.2) is 33.4 Å². The van der Waals surface area contributed by atoms with Gasteiger partial charge in [0.1, 0.15) is 10.7 Å². The van der Waals surface area contributed by atoms with Gasteiger partial charge >= 0.3 is 5.56 Å². The Hall–Kier alpha value is -1.63. The fourth-order valence-electron chi connectivity index (χ4n) is 2.16. The van der Waals surface area contributed by atoms with E-state index < -0.39 is 16.8 Å². The molecule has 0 bridgehead atoms. The van der Waals surface area contributed by atoms with E-state index in [1.807, 2.05) is 60.4 Å². The van der Waals surface area contributed by atoms with Crippen LogP contribution in [0.5, 0.6) is 0 Å². The number of benzene rings is 1. The van der Waals surface area contributed by atoms with Gasteiger partial charge in [0.25, 0.3) is 0 Å². The van der Waals surface area contributed by atoms with Gasteiger partial charge in [0.05, 0.1) is 18.2 Å². The van der Waals surface area contributed by atoms with Gasteiger partial charge < -0.3 is 15.5 Å². The van der Waals surface area contributed by atoms with Crippen molar-refractivity contribution in [1.29, 1.82) is 0 Å². The molecule has 0 radical (unpaired) electrons. The van der Waals surface area contributed by atoms with E-state index in [9.17, 15) is 9.90 Å². The van der Waals surface area contributed by atoms with Crippen molar-refractivity contribution in [3.8, 4) is 4.90 Å². The van der Waals surface area contributed by atoms with Crippen LogP contribution >= 0.6 is 10.7 Å². The van der Waals surface area contributed by atoms with E-state index in [0.717, 1.165) is 4.90 Å². The van der Waals surface area contributed by atoms with Gasteiger partial charge in [0.15, 0.2) is 11.1 Å². The minimum Gasteiger partial charge on any atom is -0.394 e. The van der Waals surface area contributed by atoms with Gasteiger partial charge in [-0.15, -0.1) is 3.96 Å². The Morgan fingerprint density at radius 1 is 1.27 bits per heavy atom. The molecule has 0 fully saturated rings. The lowest BCUT2D eigenvalue weighted by Gasteiger charge is -2.16. The summed E-state index contributed by atoms with van der Waals surface area (Å²) in [4.78, 5) is 13.8. The van der Waals surface area contributed by atoms with Crippen LogP contribution in [0.4, 0.5) is 5.69 Å². The van der Waals surface area contributed by atoms with E-state index in [4.69, 9.17) is 5.11 Å². The van der Waals surface area contributed by atoms with Crippen molar-refractivity contribution in [1.82, 2.24) is 3.96 Å². The monoisotopic (exact) mass is 323 g/mol. The summed E-state index contributed by atoms with van der Waals surface area (Å²) >= 11 is 0. The fourth-order valence-corrected chi connectivity index (χ4v) is 4.32. The number of rotatable bonds is 5. The van der Waals surface area contributed by atoms with Crippen LogP contribution in [0.25, 0.3) is 4.90 Å². The summed E-state index contributed by atoms with van der Waals surface area (Å²) in [5.41, 5.74) is 0.0883. The molecule has 0 amide bonds. The van der Waals surface area contributed by atoms with E-state index in [1.54, 1.807) is 0 Å². The molecule has 1 heterocycles. The quantitative estimate of drug-likeness (QED) is 0.737. The first-order chi connectivity index (χ1) is 10.3. The SMILES string of the molecule is CC(C)(C)n1c(=O)c(NCC(O)CO)c[s+]1-c1ccccc1. The van der Waals surface area contributed by atoms with Gasteiger partial charge in [0, 0.05) is 18.7 Å². The highest BCUT2D eigenvalue weighted by atomic mass is 32.2. The lowest BCUT2D eigenvalue weighted by atomic mass is 10.1. The molecule has 2 aromatic rings. The molecule has 1 aromatic carbocycles. The van der Waals surface area contributed by atoms with Crippen LogP contribution < -0.4 is 10.9 Å². The van der Waals surface area contributed by atoms with Gasteiger partial charge in [-0.3, -0.25) is 4.79 Å². The van der Waals surface area contributed by atoms with Gasteiger partial charge in [-0.1, -0.05) is 18.2 Å². The summed E-state index contributed by atoms with van der Waals surface area (Å²) < 4.78 is 1.86. The van der Waals surface area contributed by atoms with Crippen molar-refractivity contribution in [2.45, 2.75) is 32.4 Å². The number of nitrogens with zero attached hydrogens (tertiary/aromatic N) is 1. The zero-order valence-electron chi connectivity index (χ0n) is 13.1. The van der Waals surface area contributed by atoms with Crippen LogP contribution in [-0.2, 0) is 5.54 Å². The lowest BCUT2D eigenvalue weighted by Crippen LogP contribution is -2.32. The van der Waals surface area contributed by atoms with Gasteiger partial charge in [-0.25, -0.2) is 0 Å². The predicted octanol–water partition coefficient (Wildman–Crippen LogP) is 2.11. The number of aliphatic hydroxyl groups is 2. The molecule has 0 aliphatic rings. The molecule has 6 heteroatoms. The molecule has 3 N–H and O–H groups in total. The average molecular weight is 323 g/mol. The van der Waals surface area contributed by atoms with Crippen LogP contribution in [0, 0.1) is 0 Å². The Labute approximate surface area is 133 Å². The lowest BCUT2D eigenvalue weighted by molar-refractivity contribution is 0.105. The third-order valence-electron chi connectivity index (χ3n) is 3.17. The maximum atomic E-state index is 12.7. The summed E-state index contributed by atoms with van der Waals surface area (Å²) in [7, 11) is -0.460. The zero-order chi connectivity index (χ0) is 16.3. The largest absolute Gasteiger partial charge is 0.394 e. The number of anilines is 1. The summed E-state index contributed by atoms with van der Waals surface area (Å²) in [5.74, 6) is 0. The second-order valence-electron chi connectivity index (χ2n) is 6.15. The second-order valence-corrected chi connectivity index (χ2v) is 7.85. The normalized spacial score (nSPS) is 14.0. The first-order valence-corrected chi connectivity index (χ1v) is 8.46. The summed E-state index contributed by atoms with van der Waals surface area (Å²) in [6, 6.07) is 9.89. The van der Waals surface area contributed by atoms with E-state index in [0.29, 0.717) is 5.69 Å². The van der Waals surface area contributed by atoms with E-state index in [1.165, 1.54) is 0 Å². The summed E-state index contributed by atoms with van der Waals surface area (Å²) in [6.45, 7) is 5.84. The average Bonchev–Trinajstić information content (AvgIpc) is 2.82. The number of nitrogens with one attached hydrogen (secondary N) is 1. The standard InChI is InChI=1S/C16H23N2O3S/c1-16(2,3)18-15(21)14(17-9-12(20)10-19)11-22(18)13-7-5-4-6-8-13/h4-8,11-12,17,19-20H,9-10H2,1-3H3/q+1. The molecule has 5 nitrogen and oxygen atoms in total.